The van der Waals surface area contributed by atoms with Crippen molar-refractivity contribution in [2.75, 3.05) is 5.43 Å². The van der Waals surface area contributed by atoms with Crippen LogP contribution in [-0.4, -0.2) is 21.1 Å². The summed E-state index contributed by atoms with van der Waals surface area (Å²) in [5.74, 6) is 5.27. The van der Waals surface area contributed by atoms with Crippen molar-refractivity contribution >= 4 is 11.7 Å². The summed E-state index contributed by atoms with van der Waals surface area (Å²) in [6.45, 7) is 0.417. The van der Waals surface area contributed by atoms with Gasteiger partial charge in [-0.15, -0.1) is 10.2 Å². The molecule has 2 aromatic rings. The molecular weight excluding hydrogens is 232 g/mol. The molecule has 0 aliphatic rings. The highest BCUT2D eigenvalue weighted by Crippen LogP contribution is 2.01. The molecule has 0 bridgehead atoms. The van der Waals surface area contributed by atoms with E-state index in [1.54, 1.807) is 24.5 Å². The highest BCUT2D eigenvalue weighted by molar-refractivity contribution is 5.92. The summed E-state index contributed by atoms with van der Waals surface area (Å²) in [4.78, 5) is 15.6. The number of amides is 1. The first kappa shape index (κ1) is 11.9. The van der Waals surface area contributed by atoms with Crippen LogP contribution in [0, 0.1) is 0 Å². The summed E-state index contributed by atoms with van der Waals surface area (Å²) in [6.07, 6.45) is 3.34. The van der Waals surface area contributed by atoms with Gasteiger partial charge in [0.25, 0.3) is 5.91 Å². The van der Waals surface area contributed by atoms with E-state index in [0.29, 0.717) is 12.4 Å². The molecule has 0 atom stereocenters. The maximum absolute atomic E-state index is 11.7. The number of nitrogens with zero attached hydrogens (tertiary/aromatic N) is 3. The topological polar surface area (TPSA) is 106 Å². The number of carbonyl (C=O) groups excluding carboxylic acids is 1. The Kier molecular flexibility index (Phi) is 3.77. The van der Waals surface area contributed by atoms with Gasteiger partial charge < -0.3 is 10.7 Å². The maximum Gasteiger partial charge on any atom is 0.272 e. The molecule has 7 heteroatoms. The number of rotatable bonds is 4. The molecule has 0 spiro atoms. The molecule has 0 aliphatic heterocycles. The van der Waals surface area contributed by atoms with Gasteiger partial charge in [-0.3, -0.25) is 9.78 Å². The number of pyridine rings is 1. The molecule has 2 heterocycles. The summed E-state index contributed by atoms with van der Waals surface area (Å²) in [5.41, 5.74) is 3.54. The first-order valence-corrected chi connectivity index (χ1v) is 5.27. The molecule has 0 saturated carbocycles. The second kappa shape index (κ2) is 5.69. The smallest absolute Gasteiger partial charge is 0.272 e. The number of hydrogen-bond donors (Lipinski definition) is 3. The van der Waals surface area contributed by atoms with Gasteiger partial charge in [0.05, 0.1) is 0 Å². The van der Waals surface area contributed by atoms with Crippen LogP contribution in [0.3, 0.4) is 0 Å². The number of nitrogens with two attached hydrogens (primary N) is 1. The predicted octanol–water partition coefficient (Wildman–Crippen LogP) is 0.0872. The molecule has 18 heavy (non-hydrogen) atoms. The molecule has 0 aliphatic carbocycles. The second-order valence-electron chi connectivity index (χ2n) is 3.49. The van der Waals surface area contributed by atoms with Gasteiger partial charge in [0.1, 0.15) is 0 Å². The van der Waals surface area contributed by atoms with Crippen LogP contribution >= 0.6 is 0 Å². The number of hydrogen-bond acceptors (Lipinski definition) is 6. The molecule has 2 aromatic heterocycles. The van der Waals surface area contributed by atoms with Crippen LogP contribution in [0.4, 0.5) is 5.82 Å². The number of nitrogens with one attached hydrogen (secondary N) is 2. The molecular formula is C11H12N6O. The Hall–Kier alpha value is -2.54. The van der Waals surface area contributed by atoms with Crippen LogP contribution in [0.15, 0.2) is 36.7 Å². The van der Waals surface area contributed by atoms with Crippen molar-refractivity contribution in [1.29, 1.82) is 0 Å². The number of anilines is 1. The molecule has 0 radical (unpaired) electrons. The standard InChI is InChI=1S/C11H12N6O/c12-15-10-2-1-9(16-17-10)11(18)14-7-8-3-5-13-6-4-8/h1-6H,7,12H2,(H,14,18)(H,15,17). The number of nitrogen functional groups attached to an aromatic ring is 1. The lowest BCUT2D eigenvalue weighted by molar-refractivity contribution is 0.0945. The average Bonchev–Trinajstić information content (AvgIpc) is 2.46. The van der Waals surface area contributed by atoms with Gasteiger partial charge in [-0.05, 0) is 29.8 Å². The summed E-state index contributed by atoms with van der Waals surface area (Å²) < 4.78 is 0. The second-order valence-corrected chi connectivity index (χ2v) is 3.49. The zero-order chi connectivity index (χ0) is 12.8. The minimum Gasteiger partial charge on any atom is -0.347 e. The van der Waals surface area contributed by atoms with E-state index in [1.165, 1.54) is 0 Å². The van der Waals surface area contributed by atoms with Gasteiger partial charge in [-0.2, -0.15) is 0 Å². The Bertz CT molecular complexity index is 513. The van der Waals surface area contributed by atoms with E-state index in [4.69, 9.17) is 5.84 Å². The maximum atomic E-state index is 11.7. The quantitative estimate of drug-likeness (QED) is 0.520. The fraction of sp³-hybridized carbons (Fsp3) is 0.0909. The Labute approximate surface area is 103 Å². The van der Waals surface area contributed by atoms with E-state index in [1.807, 2.05) is 12.1 Å². The minimum absolute atomic E-state index is 0.239. The lowest BCUT2D eigenvalue weighted by atomic mass is 10.2. The summed E-state index contributed by atoms with van der Waals surface area (Å²) >= 11 is 0. The average molecular weight is 244 g/mol. The largest absolute Gasteiger partial charge is 0.347 e. The molecule has 0 aromatic carbocycles. The van der Waals surface area contributed by atoms with Gasteiger partial charge in [0.15, 0.2) is 11.5 Å². The van der Waals surface area contributed by atoms with E-state index in [-0.39, 0.29) is 11.6 Å². The zero-order valence-corrected chi connectivity index (χ0v) is 9.50. The Morgan fingerprint density at radius 1 is 1.17 bits per heavy atom. The SMILES string of the molecule is NNc1ccc(C(=O)NCc2ccncc2)nn1. The number of aromatic nitrogens is 3. The normalized spacial score (nSPS) is 9.83. The van der Waals surface area contributed by atoms with Gasteiger partial charge in [-0.25, -0.2) is 5.84 Å². The van der Waals surface area contributed by atoms with Crippen molar-refractivity contribution in [2.24, 2.45) is 5.84 Å². The van der Waals surface area contributed by atoms with Crippen LogP contribution in [0.2, 0.25) is 0 Å². The fourth-order valence-corrected chi connectivity index (χ4v) is 1.30. The molecule has 2 rings (SSSR count). The third-order valence-electron chi connectivity index (χ3n) is 2.25. The van der Waals surface area contributed by atoms with Crippen LogP contribution < -0.4 is 16.6 Å². The summed E-state index contributed by atoms with van der Waals surface area (Å²) in [6, 6.07) is 6.78. The molecule has 92 valence electrons. The van der Waals surface area contributed by atoms with Gasteiger partial charge in [0.2, 0.25) is 0 Å². The van der Waals surface area contributed by atoms with Crippen LogP contribution in [0.5, 0.6) is 0 Å². The Morgan fingerprint density at radius 2 is 1.94 bits per heavy atom. The van der Waals surface area contributed by atoms with Crippen molar-refractivity contribution < 1.29 is 4.79 Å². The molecule has 7 nitrogen and oxygen atoms in total. The number of carbonyl (C=O) groups is 1. The fourth-order valence-electron chi connectivity index (χ4n) is 1.30. The van der Waals surface area contributed by atoms with Crippen LogP contribution in [0.25, 0.3) is 0 Å². The van der Waals surface area contributed by atoms with Gasteiger partial charge >= 0.3 is 0 Å². The number of hydrazine groups is 1. The third kappa shape index (κ3) is 2.98. The molecule has 4 N–H and O–H groups in total. The van der Waals surface area contributed by atoms with Crippen molar-refractivity contribution in [3.63, 3.8) is 0 Å². The summed E-state index contributed by atoms with van der Waals surface area (Å²) in [5, 5.41) is 10.2. The van der Waals surface area contributed by atoms with Crippen LogP contribution in [-0.2, 0) is 6.54 Å². The minimum atomic E-state index is -0.289. The van der Waals surface area contributed by atoms with E-state index < -0.39 is 0 Å². The molecule has 0 unspecified atom stereocenters. The third-order valence-corrected chi connectivity index (χ3v) is 2.25. The first-order valence-electron chi connectivity index (χ1n) is 5.27. The molecule has 0 fully saturated rings. The van der Waals surface area contributed by atoms with E-state index in [2.05, 4.69) is 25.9 Å². The van der Waals surface area contributed by atoms with Crippen LogP contribution in [0.1, 0.15) is 16.1 Å². The molecule has 0 saturated heterocycles. The Morgan fingerprint density at radius 3 is 2.56 bits per heavy atom. The van der Waals surface area contributed by atoms with Crippen molar-refractivity contribution in [1.82, 2.24) is 20.5 Å². The lowest BCUT2D eigenvalue weighted by Gasteiger charge is -2.04. The van der Waals surface area contributed by atoms with Gasteiger partial charge in [0, 0.05) is 18.9 Å². The van der Waals surface area contributed by atoms with E-state index in [9.17, 15) is 4.79 Å². The zero-order valence-electron chi connectivity index (χ0n) is 9.50. The van der Waals surface area contributed by atoms with E-state index >= 15 is 0 Å². The van der Waals surface area contributed by atoms with Crippen molar-refractivity contribution in [3.8, 4) is 0 Å². The monoisotopic (exact) mass is 244 g/mol. The van der Waals surface area contributed by atoms with E-state index in [0.717, 1.165) is 5.56 Å². The first-order chi connectivity index (χ1) is 8.79. The lowest BCUT2D eigenvalue weighted by Crippen LogP contribution is -2.24. The van der Waals surface area contributed by atoms with Crippen molar-refractivity contribution in [3.05, 3.63) is 47.9 Å². The molecule has 1 amide bonds. The highest BCUT2D eigenvalue weighted by atomic mass is 16.1. The Balaban J connectivity index is 1.95. The van der Waals surface area contributed by atoms with Gasteiger partial charge in [-0.1, -0.05) is 0 Å². The predicted molar refractivity (Wildman–Crippen MR) is 65.2 cm³/mol. The van der Waals surface area contributed by atoms with Crippen molar-refractivity contribution in [2.45, 2.75) is 6.54 Å². The summed E-state index contributed by atoms with van der Waals surface area (Å²) in [7, 11) is 0. The highest BCUT2D eigenvalue weighted by Gasteiger charge is 2.07.